The van der Waals surface area contributed by atoms with Crippen molar-refractivity contribution in [3.05, 3.63) is 41.5 Å². The van der Waals surface area contributed by atoms with Crippen LogP contribution in [0.4, 0.5) is 5.69 Å². The van der Waals surface area contributed by atoms with E-state index in [-0.39, 0.29) is 6.10 Å². The molecule has 114 valence electrons. The smallest absolute Gasteiger partial charge is 0.227 e. The Bertz CT molecular complexity index is 566. The van der Waals surface area contributed by atoms with E-state index in [0.717, 1.165) is 12.1 Å². The zero-order valence-corrected chi connectivity index (χ0v) is 12.9. The number of aromatic nitrogens is 2. The van der Waals surface area contributed by atoms with E-state index in [4.69, 9.17) is 15.0 Å². The molecule has 2 rings (SSSR count). The van der Waals surface area contributed by atoms with Crippen LogP contribution in [-0.4, -0.2) is 16.7 Å². The van der Waals surface area contributed by atoms with E-state index < -0.39 is 0 Å². The van der Waals surface area contributed by atoms with Gasteiger partial charge in [0.15, 0.2) is 0 Å². The quantitative estimate of drug-likeness (QED) is 0.792. The molecule has 0 aliphatic rings. The van der Waals surface area contributed by atoms with Gasteiger partial charge < -0.3 is 15.0 Å². The average Bonchev–Trinajstić information content (AvgIpc) is 2.91. The van der Waals surface area contributed by atoms with Crippen LogP contribution in [0.2, 0.25) is 0 Å². The van der Waals surface area contributed by atoms with Crippen molar-refractivity contribution in [3.8, 4) is 0 Å². The van der Waals surface area contributed by atoms with Gasteiger partial charge in [-0.1, -0.05) is 31.1 Å². The van der Waals surface area contributed by atoms with Crippen molar-refractivity contribution in [1.29, 1.82) is 0 Å². The molecule has 2 N–H and O–H groups in total. The van der Waals surface area contributed by atoms with Crippen LogP contribution in [0, 0.1) is 5.92 Å². The maximum absolute atomic E-state index is 5.77. The molecule has 1 aromatic carbocycles. The van der Waals surface area contributed by atoms with Crippen LogP contribution in [0.15, 0.2) is 28.8 Å². The molecule has 1 heterocycles. The fraction of sp³-hybridized carbons (Fsp3) is 0.500. The van der Waals surface area contributed by atoms with E-state index in [0.29, 0.717) is 30.7 Å². The minimum atomic E-state index is -0.111. The van der Waals surface area contributed by atoms with Gasteiger partial charge in [-0.15, -0.1) is 0 Å². The Hall–Kier alpha value is -1.88. The van der Waals surface area contributed by atoms with E-state index in [9.17, 15) is 0 Å². The third kappa shape index (κ3) is 4.29. The monoisotopic (exact) mass is 289 g/mol. The number of nitrogen functional groups attached to an aromatic ring is 1. The molecule has 0 saturated heterocycles. The average molecular weight is 289 g/mol. The van der Waals surface area contributed by atoms with Crippen molar-refractivity contribution in [2.75, 3.05) is 12.3 Å². The number of rotatable bonds is 7. The van der Waals surface area contributed by atoms with Crippen molar-refractivity contribution in [1.82, 2.24) is 10.1 Å². The maximum atomic E-state index is 5.77. The van der Waals surface area contributed by atoms with Crippen molar-refractivity contribution in [3.63, 3.8) is 0 Å². The largest absolute Gasteiger partial charge is 0.399 e. The standard InChI is InChI=1S/C16H23N3O2/c1-4-20-15(11(2)3)16-18-14(21-19-16)9-8-12-6-5-7-13(17)10-12/h5-7,10-11,15H,4,8-9,17H2,1-3H3. The van der Waals surface area contributed by atoms with Crippen LogP contribution in [0.3, 0.4) is 0 Å². The van der Waals surface area contributed by atoms with Gasteiger partial charge in [0.25, 0.3) is 0 Å². The minimum absolute atomic E-state index is 0.111. The van der Waals surface area contributed by atoms with E-state index in [1.165, 1.54) is 5.56 Å². The van der Waals surface area contributed by atoms with Gasteiger partial charge >= 0.3 is 0 Å². The van der Waals surface area contributed by atoms with E-state index in [1.54, 1.807) is 0 Å². The lowest BCUT2D eigenvalue weighted by Crippen LogP contribution is -2.12. The molecule has 1 atom stereocenters. The third-order valence-corrected chi connectivity index (χ3v) is 3.27. The molecule has 2 aromatic rings. The highest BCUT2D eigenvalue weighted by Gasteiger charge is 2.22. The van der Waals surface area contributed by atoms with Gasteiger partial charge in [0.1, 0.15) is 6.10 Å². The predicted molar refractivity (Wildman–Crippen MR) is 81.8 cm³/mol. The summed E-state index contributed by atoms with van der Waals surface area (Å²) >= 11 is 0. The summed E-state index contributed by atoms with van der Waals surface area (Å²) in [5.41, 5.74) is 7.71. The molecule has 0 aliphatic heterocycles. The number of hydrogen-bond donors (Lipinski definition) is 1. The summed E-state index contributed by atoms with van der Waals surface area (Å²) in [6, 6.07) is 7.84. The number of nitrogens with two attached hydrogens (primary N) is 1. The molecular weight excluding hydrogens is 266 g/mol. The molecule has 5 heteroatoms. The number of nitrogens with zero attached hydrogens (tertiary/aromatic N) is 2. The fourth-order valence-electron chi connectivity index (χ4n) is 2.23. The lowest BCUT2D eigenvalue weighted by molar-refractivity contribution is 0.0217. The van der Waals surface area contributed by atoms with Crippen LogP contribution in [0.5, 0.6) is 0 Å². The summed E-state index contributed by atoms with van der Waals surface area (Å²) in [6.45, 7) is 6.78. The second kappa shape index (κ2) is 7.22. The molecule has 5 nitrogen and oxygen atoms in total. The Morgan fingerprint density at radius 1 is 1.29 bits per heavy atom. The molecule has 0 saturated carbocycles. The summed E-state index contributed by atoms with van der Waals surface area (Å²) in [7, 11) is 0. The Labute approximate surface area is 125 Å². The molecule has 0 bridgehead atoms. The third-order valence-electron chi connectivity index (χ3n) is 3.27. The zero-order chi connectivity index (χ0) is 15.2. The molecule has 0 spiro atoms. The SMILES string of the molecule is CCOC(c1noc(CCc2cccc(N)c2)n1)C(C)C. The van der Waals surface area contributed by atoms with Crippen LogP contribution >= 0.6 is 0 Å². The number of hydrogen-bond acceptors (Lipinski definition) is 5. The van der Waals surface area contributed by atoms with Crippen molar-refractivity contribution >= 4 is 5.69 Å². The topological polar surface area (TPSA) is 74.2 Å². The molecule has 1 aromatic heterocycles. The fourth-order valence-corrected chi connectivity index (χ4v) is 2.23. The summed E-state index contributed by atoms with van der Waals surface area (Å²) in [5, 5.41) is 4.05. The van der Waals surface area contributed by atoms with Crippen molar-refractivity contribution in [2.45, 2.75) is 39.7 Å². The highest BCUT2D eigenvalue weighted by atomic mass is 16.5. The molecule has 0 fully saturated rings. The van der Waals surface area contributed by atoms with Crippen molar-refractivity contribution < 1.29 is 9.26 Å². The molecule has 0 aliphatic carbocycles. The highest BCUT2D eigenvalue weighted by molar-refractivity contribution is 5.40. The van der Waals surface area contributed by atoms with Gasteiger partial charge in [-0.05, 0) is 37.0 Å². The Balaban J connectivity index is 1.99. The van der Waals surface area contributed by atoms with Gasteiger partial charge in [-0.3, -0.25) is 0 Å². The van der Waals surface area contributed by atoms with Crippen LogP contribution in [0.1, 0.15) is 44.2 Å². The van der Waals surface area contributed by atoms with E-state index >= 15 is 0 Å². The van der Waals surface area contributed by atoms with Crippen molar-refractivity contribution in [2.24, 2.45) is 5.92 Å². The number of ether oxygens (including phenoxy) is 1. The van der Waals surface area contributed by atoms with Gasteiger partial charge in [-0.2, -0.15) is 4.98 Å². The Kier molecular flexibility index (Phi) is 5.33. The molecule has 0 radical (unpaired) electrons. The second-order valence-electron chi connectivity index (χ2n) is 5.41. The summed E-state index contributed by atoms with van der Waals surface area (Å²) < 4.78 is 11.0. The molecular formula is C16H23N3O2. The van der Waals surface area contributed by atoms with Crippen LogP contribution in [0.25, 0.3) is 0 Å². The molecule has 1 unspecified atom stereocenters. The lowest BCUT2D eigenvalue weighted by Gasteiger charge is -2.16. The first kappa shape index (κ1) is 15.5. The number of aryl methyl sites for hydroxylation is 2. The second-order valence-corrected chi connectivity index (χ2v) is 5.41. The molecule has 0 amide bonds. The highest BCUT2D eigenvalue weighted by Crippen LogP contribution is 2.23. The maximum Gasteiger partial charge on any atom is 0.227 e. The Morgan fingerprint density at radius 2 is 2.10 bits per heavy atom. The first-order chi connectivity index (χ1) is 10.1. The summed E-state index contributed by atoms with van der Waals surface area (Å²) in [5.74, 6) is 1.58. The normalized spacial score (nSPS) is 12.8. The van der Waals surface area contributed by atoms with Crippen LogP contribution < -0.4 is 5.73 Å². The number of anilines is 1. The van der Waals surface area contributed by atoms with Gasteiger partial charge in [0, 0.05) is 18.7 Å². The van der Waals surface area contributed by atoms with Crippen LogP contribution in [-0.2, 0) is 17.6 Å². The summed E-state index contributed by atoms with van der Waals surface area (Å²) in [6.07, 6.45) is 1.42. The Morgan fingerprint density at radius 3 is 2.76 bits per heavy atom. The van der Waals surface area contributed by atoms with E-state index in [2.05, 4.69) is 24.0 Å². The minimum Gasteiger partial charge on any atom is -0.399 e. The van der Waals surface area contributed by atoms with Gasteiger partial charge in [0.2, 0.25) is 11.7 Å². The predicted octanol–water partition coefficient (Wildman–Crippen LogP) is 3.17. The van der Waals surface area contributed by atoms with Gasteiger partial charge in [0.05, 0.1) is 0 Å². The zero-order valence-electron chi connectivity index (χ0n) is 12.9. The van der Waals surface area contributed by atoms with E-state index in [1.807, 2.05) is 31.2 Å². The first-order valence-corrected chi connectivity index (χ1v) is 7.38. The number of benzene rings is 1. The molecule has 21 heavy (non-hydrogen) atoms. The first-order valence-electron chi connectivity index (χ1n) is 7.38. The van der Waals surface area contributed by atoms with Gasteiger partial charge in [-0.25, -0.2) is 0 Å². The lowest BCUT2D eigenvalue weighted by atomic mass is 10.1. The summed E-state index contributed by atoms with van der Waals surface area (Å²) in [4.78, 5) is 4.45.